The Morgan fingerprint density at radius 1 is 1.03 bits per heavy atom. The number of aromatic nitrogens is 1. The van der Waals surface area contributed by atoms with E-state index in [2.05, 4.69) is 10.3 Å². The predicted octanol–water partition coefficient (Wildman–Crippen LogP) is 5.96. The molecule has 1 amide bonds. The van der Waals surface area contributed by atoms with Crippen LogP contribution in [0.2, 0.25) is 0 Å². The molecule has 0 saturated carbocycles. The maximum absolute atomic E-state index is 14.0. The zero-order chi connectivity index (χ0) is 27.8. The first-order valence-electron chi connectivity index (χ1n) is 12.7. The molecule has 202 valence electrons. The predicted molar refractivity (Wildman–Crippen MR) is 148 cm³/mol. The average Bonchev–Trinajstić information content (AvgIpc) is 3.36. The molecule has 0 bridgehead atoms. The number of nitrogens with one attached hydrogen (secondary N) is 1. The normalized spacial score (nSPS) is 10.8. The van der Waals surface area contributed by atoms with Gasteiger partial charge in [0, 0.05) is 38.1 Å². The number of carbonyl (C=O) groups is 3. The molecule has 4 rings (SSSR count). The highest BCUT2D eigenvalue weighted by Crippen LogP contribution is 2.35. The van der Waals surface area contributed by atoms with Crippen LogP contribution in [-0.2, 0) is 27.2 Å². The minimum absolute atomic E-state index is 0.0421. The van der Waals surface area contributed by atoms with E-state index in [1.54, 1.807) is 49.5 Å². The van der Waals surface area contributed by atoms with Gasteiger partial charge in [0.2, 0.25) is 0 Å². The molecule has 0 spiro atoms. The molecule has 2 heterocycles. The van der Waals surface area contributed by atoms with Crippen molar-refractivity contribution in [2.45, 2.75) is 39.5 Å². The SMILES string of the molecule is CCOC(=O)CCCNC(=O)c1cc2nccc(Oc3ccc(CC(=O)Cc4cc(C)ccc4F)cc3)c2s1. The van der Waals surface area contributed by atoms with E-state index in [4.69, 9.17) is 9.47 Å². The van der Waals surface area contributed by atoms with E-state index < -0.39 is 0 Å². The summed E-state index contributed by atoms with van der Waals surface area (Å²) >= 11 is 1.27. The number of thiophene rings is 1. The number of Topliss-reactive ketones (excluding diaryl/α,β-unsaturated/α-hetero) is 1. The van der Waals surface area contributed by atoms with Crippen LogP contribution in [0.3, 0.4) is 0 Å². The number of rotatable bonds is 12. The molecule has 7 nitrogen and oxygen atoms in total. The number of ketones is 1. The van der Waals surface area contributed by atoms with E-state index in [1.807, 2.05) is 19.1 Å². The summed E-state index contributed by atoms with van der Waals surface area (Å²) in [5, 5.41) is 2.82. The Hall–Kier alpha value is -4.11. The summed E-state index contributed by atoms with van der Waals surface area (Å²) in [7, 11) is 0. The molecule has 0 atom stereocenters. The van der Waals surface area contributed by atoms with Crippen LogP contribution in [0.1, 0.15) is 46.1 Å². The highest BCUT2D eigenvalue weighted by molar-refractivity contribution is 7.21. The summed E-state index contributed by atoms with van der Waals surface area (Å²) in [5.41, 5.74) is 2.76. The lowest BCUT2D eigenvalue weighted by Gasteiger charge is -2.08. The molecular weight excluding hydrogens is 519 g/mol. The summed E-state index contributed by atoms with van der Waals surface area (Å²) in [6.07, 6.45) is 2.59. The molecule has 2 aromatic heterocycles. The van der Waals surface area contributed by atoms with Crippen molar-refractivity contribution >= 4 is 39.2 Å². The second-order valence-corrected chi connectivity index (χ2v) is 10.1. The molecule has 2 aromatic carbocycles. The van der Waals surface area contributed by atoms with Crippen molar-refractivity contribution in [3.05, 3.63) is 88.2 Å². The summed E-state index contributed by atoms with van der Waals surface area (Å²) in [5.74, 6) is 0.162. The Morgan fingerprint density at radius 3 is 2.59 bits per heavy atom. The first kappa shape index (κ1) is 27.9. The number of nitrogens with zero attached hydrogens (tertiary/aromatic N) is 1. The molecule has 0 unspecified atom stereocenters. The molecule has 0 aliphatic carbocycles. The van der Waals surface area contributed by atoms with E-state index >= 15 is 0 Å². The van der Waals surface area contributed by atoms with Crippen LogP contribution in [0, 0.1) is 12.7 Å². The second kappa shape index (κ2) is 13.1. The van der Waals surface area contributed by atoms with Crippen molar-refractivity contribution in [2.75, 3.05) is 13.2 Å². The first-order chi connectivity index (χ1) is 18.8. The number of halogens is 1. The van der Waals surface area contributed by atoms with Crippen molar-refractivity contribution < 1.29 is 28.2 Å². The molecule has 0 radical (unpaired) electrons. The number of ether oxygens (including phenoxy) is 2. The van der Waals surface area contributed by atoms with Crippen LogP contribution in [0.4, 0.5) is 4.39 Å². The fraction of sp³-hybridized carbons (Fsp3) is 0.267. The van der Waals surface area contributed by atoms with E-state index in [9.17, 15) is 18.8 Å². The van der Waals surface area contributed by atoms with Gasteiger partial charge in [-0.25, -0.2) is 4.39 Å². The van der Waals surface area contributed by atoms with Gasteiger partial charge in [0.15, 0.2) is 0 Å². The standard InChI is InChI=1S/C30H29FN2O5S/c1-3-37-28(35)5-4-13-33-30(36)27-18-25-29(39-27)26(12-14-32-25)38-23-9-7-20(8-10-23)16-22(34)17-21-15-19(2)6-11-24(21)31/h6-12,14-15,18H,3-5,13,16-17H2,1-2H3,(H,33,36). The Balaban J connectivity index is 1.35. The second-order valence-electron chi connectivity index (χ2n) is 9.03. The molecule has 0 aliphatic rings. The summed E-state index contributed by atoms with van der Waals surface area (Å²) in [6.45, 7) is 4.32. The van der Waals surface area contributed by atoms with Gasteiger partial charge in [0.1, 0.15) is 23.1 Å². The van der Waals surface area contributed by atoms with Gasteiger partial charge in [-0.2, -0.15) is 0 Å². The van der Waals surface area contributed by atoms with Crippen LogP contribution >= 0.6 is 11.3 Å². The molecule has 1 N–H and O–H groups in total. The third-order valence-electron chi connectivity index (χ3n) is 5.89. The number of benzene rings is 2. The minimum Gasteiger partial charge on any atom is -0.466 e. The van der Waals surface area contributed by atoms with Crippen molar-refractivity contribution in [3.63, 3.8) is 0 Å². The average molecular weight is 549 g/mol. The third-order valence-corrected chi connectivity index (χ3v) is 7.03. The number of hydrogen-bond donors (Lipinski definition) is 1. The molecular formula is C30H29FN2O5S. The van der Waals surface area contributed by atoms with Gasteiger partial charge in [0.25, 0.3) is 5.91 Å². The fourth-order valence-electron chi connectivity index (χ4n) is 4.01. The lowest BCUT2D eigenvalue weighted by atomic mass is 10.0. The van der Waals surface area contributed by atoms with Crippen LogP contribution < -0.4 is 10.1 Å². The number of fused-ring (bicyclic) bond motifs is 1. The van der Waals surface area contributed by atoms with E-state index in [-0.39, 0.29) is 42.7 Å². The Bertz CT molecular complexity index is 1480. The molecule has 9 heteroatoms. The fourth-order valence-corrected chi connectivity index (χ4v) is 4.99. The number of carbonyl (C=O) groups excluding carboxylic acids is 3. The van der Waals surface area contributed by atoms with Crippen LogP contribution in [0.25, 0.3) is 10.2 Å². The van der Waals surface area contributed by atoms with E-state index in [0.717, 1.165) is 15.8 Å². The third kappa shape index (κ3) is 7.70. The minimum atomic E-state index is -0.371. The quantitative estimate of drug-likeness (QED) is 0.173. The van der Waals surface area contributed by atoms with Crippen molar-refractivity contribution in [3.8, 4) is 11.5 Å². The van der Waals surface area contributed by atoms with Crippen molar-refractivity contribution in [2.24, 2.45) is 0 Å². The maximum atomic E-state index is 14.0. The number of esters is 1. The number of pyridine rings is 1. The highest BCUT2D eigenvalue weighted by Gasteiger charge is 2.15. The van der Waals surface area contributed by atoms with Gasteiger partial charge >= 0.3 is 5.97 Å². The topological polar surface area (TPSA) is 94.6 Å². The maximum Gasteiger partial charge on any atom is 0.305 e. The van der Waals surface area contributed by atoms with E-state index in [0.29, 0.717) is 47.0 Å². The molecule has 0 saturated heterocycles. The van der Waals surface area contributed by atoms with E-state index in [1.165, 1.54) is 17.4 Å². The Labute approximate surface area is 230 Å². The summed E-state index contributed by atoms with van der Waals surface area (Å²) in [4.78, 5) is 41.4. The number of aryl methyl sites for hydroxylation is 1. The smallest absolute Gasteiger partial charge is 0.305 e. The van der Waals surface area contributed by atoms with Crippen molar-refractivity contribution in [1.82, 2.24) is 10.3 Å². The number of hydrogen-bond acceptors (Lipinski definition) is 7. The summed E-state index contributed by atoms with van der Waals surface area (Å²) < 4.78 is 25.7. The summed E-state index contributed by atoms with van der Waals surface area (Å²) in [6, 6.07) is 15.4. The van der Waals surface area contributed by atoms with Gasteiger partial charge in [-0.05, 0) is 55.7 Å². The van der Waals surface area contributed by atoms with Crippen LogP contribution in [-0.4, -0.2) is 35.8 Å². The zero-order valence-corrected chi connectivity index (χ0v) is 22.6. The van der Waals surface area contributed by atoms with Crippen LogP contribution in [0.5, 0.6) is 11.5 Å². The zero-order valence-electron chi connectivity index (χ0n) is 21.8. The monoisotopic (exact) mass is 548 g/mol. The molecule has 39 heavy (non-hydrogen) atoms. The molecule has 0 aliphatic heterocycles. The Morgan fingerprint density at radius 2 is 1.82 bits per heavy atom. The molecule has 4 aromatic rings. The highest BCUT2D eigenvalue weighted by atomic mass is 32.1. The van der Waals surface area contributed by atoms with Crippen LogP contribution in [0.15, 0.2) is 60.8 Å². The lowest BCUT2D eigenvalue weighted by Crippen LogP contribution is -2.24. The largest absolute Gasteiger partial charge is 0.466 e. The van der Waals surface area contributed by atoms with Crippen molar-refractivity contribution in [1.29, 1.82) is 0 Å². The Kier molecular flexibility index (Phi) is 9.38. The first-order valence-corrected chi connectivity index (χ1v) is 13.5. The van der Waals surface area contributed by atoms with Gasteiger partial charge in [-0.1, -0.05) is 29.8 Å². The van der Waals surface area contributed by atoms with Gasteiger partial charge < -0.3 is 14.8 Å². The van der Waals surface area contributed by atoms with Gasteiger partial charge in [-0.3, -0.25) is 19.4 Å². The number of amides is 1. The van der Waals surface area contributed by atoms with Gasteiger partial charge in [-0.15, -0.1) is 11.3 Å². The lowest BCUT2D eigenvalue weighted by molar-refractivity contribution is -0.143. The van der Waals surface area contributed by atoms with Gasteiger partial charge in [0.05, 0.1) is 21.7 Å². The molecule has 0 fully saturated rings.